The van der Waals surface area contributed by atoms with E-state index in [1.165, 1.54) is 22.9 Å². The maximum absolute atomic E-state index is 10.8. The average molecular weight is 306 g/mol. The van der Waals surface area contributed by atoms with Crippen LogP contribution in [0, 0.1) is 6.92 Å². The number of aryl methyl sites for hydroxylation is 1. The van der Waals surface area contributed by atoms with E-state index in [1.54, 1.807) is 6.92 Å². The molecule has 94 valence electrons. The van der Waals surface area contributed by atoms with Crippen LogP contribution in [0.2, 0.25) is 15.1 Å². The first kappa shape index (κ1) is 13.2. The summed E-state index contributed by atoms with van der Waals surface area (Å²) in [5, 5.41) is 13.8. The summed E-state index contributed by atoms with van der Waals surface area (Å²) in [6, 6.07) is 4.47. The van der Waals surface area contributed by atoms with Gasteiger partial charge in [0.15, 0.2) is 5.69 Å². The molecular weight excluding hydrogens is 298 g/mol. The van der Waals surface area contributed by atoms with Crippen LogP contribution in [-0.2, 0) is 0 Å². The van der Waals surface area contributed by atoms with Crippen LogP contribution < -0.4 is 0 Å². The van der Waals surface area contributed by atoms with E-state index in [0.717, 1.165) is 0 Å². The van der Waals surface area contributed by atoms with Crippen molar-refractivity contribution in [3.63, 3.8) is 0 Å². The zero-order valence-corrected chi connectivity index (χ0v) is 11.4. The van der Waals surface area contributed by atoms with E-state index >= 15 is 0 Å². The van der Waals surface area contributed by atoms with Crippen molar-refractivity contribution >= 4 is 40.8 Å². The van der Waals surface area contributed by atoms with E-state index in [4.69, 9.17) is 39.9 Å². The third-order valence-electron chi connectivity index (χ3n) is 2.32. The zero-order chi connectivity index (χ0) is 13.4. The van der Waals surface area contributed by atoms with Gasteiger partial charge in [-0.2, -0.15) is 5.10 Å². The maximum atomic E-state index is 10.8. The molecule has 18 heavy (non-hydrogen) atoms. The molecule has 4 nitrogen and oxygen atoms in total. The van der Waals surface area contributed by atoms with Gasteiger partial charge >= 0.3 is 5.97 Å². The lowest BCUT2D eigenvalue weighted by Crippen LogP contribution is -2.03. The van der Waals surface area contributed by atoms with Crippen molar-refractivity contribution in [3.05, 3.63) is 44.7 Å². The van der Waals surface area contributed by atoms with Gasteiger partial charge in [-0.3, -0.25) is 0 Å². The van der Waals surface area contributed by atoms with Crippen molar-refractivity contribution in [2.75, 3.05) is 0 Å². The van der Waals surface area contributed by atoms with Crippen LogP contribution in [0.25, 0.3) is 5.69 Å². The molecule has 0 aliphatic carbocycles. The van der Waals surface area contributed by atoms with Gasteiger partial charge in [-0.25, -0.2) is 9.48 Å². The SMILES string of the molecule is Cc1cc(C(=O)O)nn1-c1cc(Cl)c(Cl)cc1Cl. The van der Waals surface area contributed by atoms with Crippen molar-refractivity contribution < 1.29 is 9.90 Å². The molecule has 1 heterocycles. The molecule has 2 aromatic rings. The first-order chi connectivity index (χ1) is 8.40. The van der Waals surface area contributed by atoms with Gasteiger partial charge in [-0.1, -0.05) is 34.8 Å². The number of benzene rings is 1. The number of hydrogen-bond donors (Lipinski definition) is 1. The Balaban J connectivity index is 2.62. The Bertz CT molecular complexity index is 637. The van der Waals surface area contributed by atoms with Crippen LogP contribution in [0.3, 0.4) is 0 Å². The zero-order valence-electron chi connectivity index (χ0n) is 9.12. The van der Waals surface area contributed by atoms with Gasteiger partial charge in [0, 0.05) is 5.69 Å². The van der Waals surface area contributed by atoms with Gasteiger partial charge in [-0.05, 0) is 25.1 Å². The van der Waals surface area contributed by atoms with Crippen LogP contribution in [0.15, 0.2) is 18.2 Å². The van der Waals surface area contributed by atoms with E-state index in [-0.39, 0.29) is 5.69 Å². The second-order valence-corrected chi connectivity index (χ2v) is 4.83. The Morgan fingerprint density at radius 2 is 1.78 bits per heavy atom. The topological polar surface area (TPSA) is 55.1 Å². The van der Waals surface area contributed by atoms with Crippen LogP contribution in [0.5, 0.6) is 0 Å². The molecule has 0 radical (unpaired) electrons. The highest BCUT2D eigenvalue weighted by Gasteiger charge is 2.15. The predicted molar refractivity (Wildman–Crippen MR) is 70.3 cm³/mol. The Labute approximate surface area is 118 Å². The normalized spacial score (nSPS) is 10.7. The number of hydrogen-bond acceptors (Lipinski definition) is 2. The lowest BCUT2D eigenvalue weighted by Gasteiger charge is -2.08. The number of carboxylic acids is 1. The van der Waals surface area contributed by atoms with Gasteiger partial charge in [0.25, 0.3) is 0 Å². The average Bonchev–Trinajstić information content (AvgIpc) is 2.66. The number of nitrogens with zero attached hydrogens (tertiary/aromatic N) is 2. The number of aromatic nitrogens is 2. The molecule has 0 bridgehead atoms. The molecule has 0 saturated carbocycles. The van der Waals surface area contributed by atoms with Crippen molar-refractivity contribution in [2.45, 2.75) is 6.92 Å². The smallest absolute Gasteiger partial charge is 0.356 e. The van der Waals surface area contributed by atoms with Crippen LogP contribution >= 0.6 is 34.8 Å². The van der Waals surface area contributed by atoms with E-state index < -0.39 is 5.97 Å². The highest BCUT2D eigenvalue weighted by Crippen LogP contribution is 2.31. The van der Waals surface area contributed by atoms with Crippen LogP contribution in [-0.4, -0.2) is 20.9 Å². The minimum atomic E-state index is -1.10. The fraction of sp³-hybridized carbons (Fsp3) is 0.0909. The summed E-state index contributed by atoms with van der Waals surface area (Å²) < 4.78 is 1.41. The quantitative estimate of drug-likeness (QED) is 0.858. The van der Waals surface area contributed by atoms with Crippen LogP contribution in [0.4, 0.5) is 0 Å². The summed E-state index contributed by atoms with van der Waals surface area (Å²) in [7, 11) is 0. The lowest BCUT2D eigenvalue weighted by atomic mass is 10.3. The molecule has 0 amide bonds. The molecule has 0 unspecified atom stereocenters. The van der Waals surface area contributed by atoms with Gasteiger partial charge in [-0.15, -0.1) is 0 Å². The summed E-state index contributed by atoms with van der Waals surface area (Å²) >= 11 is 17.8. The number of halogens is 3. The molecule has 1 aromatic carbocycles. The third kappa shape index (κ3) is 2.32. The Hall–Kier alpha value is -1.23. The molecule has 1 aromatic heterocycles. The molecule has 2 rings (SSSR count). The molecule has 7 heteroatoms. The predicted octanol–water partition coefficient (Wildman–Crippen LogP) is 3.84. The highest BCUT2D eigenvalue weighted by atomic mass is 35.5. The lowest BCUT2D eigenvalue weighted by molar-refractivity contribution is 0.0690. The van der Waals surface area contributed by atoms with Crippen molar-refractivity contribution in [1.82, 2.24) is 9.78 Å². The Kier molecular flexibility index (Phi) is 3.52. The molecular formula is C11H7Cl3N2O2. The van der Waals surface area contributed by atoms with E-state index in [2.05, 4.69) is 5.10 Å². The summed E-state index contributed by atoms with van der Waals surface area (Å²) in [5.41, 5.74) is 1.05. The molecule has 0 fully saturated rings. The van der Waals surface area contributed by atoms with E-state index in [9.17, 15) is 4.79 Å². The van der Waals surface area contributed by atoms with Gasteiger partial charge in [0.1, 0.15) is 0 Å². The first-order valence-corrected chi connectivity index (χ1v) is 5.98. The van der Waals surface area contributed by atoms with E-state index in [1.807, 2.05) is 0 Å². The molecule has 0 atom stereocenters. The van der Waals surface area contributed by atoms with Crippen molar-refractivity contribution in [2.24, 2.45) is 0 Å². The highest BCUT2D eigenvalue weighted by molar-refractivity contribution is 6.43. The second-order valence-electron chi connectivity index (χ2n) is 3.61. The van der Waals surface area contributed by atoms with Gasteiger partial charge < -0.3 is 5.11 Å². The minimum Gasteiger partial charge on any atom is -0.476 e. The third-order valence-corrected chi connectivity index (χ3v) is 3.35. The molecule has 0 aliphatic heterocycles. The van der Waals surface area contributed by atoms with Crippen molar-refractivity contribution in [1.29, 1.82) is 0 Å². The molecule has 0 spiro atoms. The first-order valence-electron chi connectivity index (χ1n) is 4.85. The summed E-state index contributed by atoms with van der Waals surface area (Å²) in [6.45, 7) is 1.72. The fourth-order valence-corrected chi connectivity index (χ4v) is 2.12. The number of carbonyl (C=O) groups is 1. The second kappa shape index (κ2) is 4.80. The number of aromatic carboxylic acids is 1. The fourth-order valence-electron chi connectivity index (χ4n) is 1.50. The molecule has 0 aliphatic rings. The molecule has 0 saturated heterocycles. The Morgan fingerprint density at radius 1 is 1.17 bits per heavy atom. The summed E-state index contributed by atoms with van der Waals surface area (Å²) in [4.78, 5) is 10.8. The largest absolute Gasteiger partial charge is 0.476 e. The maximum Gasteiger partial charge on any atom is 0.356 e. The summed E-state index contributed by atoms with van der Waals surface area (Å²) in [6.07, 6.45) is 0. The van der Waals surface area contributed by atoms with Crippen LogP contribution in [0.1, 0.15) is 16.2 Å². The molecule has 1 N–H and O–H groups in total. The van der Waals surface area contributed by atoms with E-state index in [0.29, 0.717) is 26.4 Å². The Morgan fingerprint density at radius 3 is 2.33 bits per heavy atom. The standard InChI is InChI=1S/C11H7Cl3N2O2/c1-5-2-9(11(17)18)15-16(5)10-4-7(13)6(12)3-8(10)14/h2-4H,1H3,(H,17,18). The monoisotopic (exact) mass is 304 g/mol. The minimum absolute atomic E-state index is 0.0605. The number of rotatable bonds is 2. The van der Waals surface area contributed by atoms with Crippen molar-refractivity contribution in [3.8, 4) is 5.69 Å². The number of carboxylic acid groups (broad SMARTS) is 1. The van der Waals surface area contributed by atoms with Gasteiger partial charge in [0.05, 0.1) is 20.8 Å². The summed E-state index contributed by atoms with van der Waals surface area (Å²) in [5.74, 6) is -1.10. The van der Waals surface area contributed by atoms with Gasteiger partial charge in [0.2, 0.25) is 0 Å².